The highest BCUT2D eigenvalue weighted by Gasteiger charge is 2.31. The maximum Gasteiger partial charge on any atom is 0.200 e. The van der Waals surface area contributed by atoms with Gasteiger partial charge < -0.3 is 58.3 Å². The molecular formula is C111H102F4N4O16. The number of Topliss-reactive ketones (excluding diaryl/α,β-unsaturated/α-hetero) is 4. The van der Waals surface area contributed by atoms with E-state index in [1.165, 1.54) is 105 Å². The predicted molar refractivity (Wildman–Crippen MR) is 517 cm³/mol. The quantitative estimate of drug-likeness (QED) is 0.0232. The molecule has 24 heteroatoms. The van der Waals surface area contributed by atoms with E-state index < -0.39 is 0 Å². The van der Waals surface area contributed by atoms with E-state index in [4.69, 9.17) is 37.9 Å². The Kier molecular flexibility index (Phi) is 31.9. The normalized spacial score (nSPS) is 13.8. The summed E-state index contributed by atoms with van der Waals surface area (Å²) in [4.78, 5) is 66.7. The molecule has 0 bridgehead atoms. The second-order valence-electron chi connectivity index (χ2n) is 32.4. The Balaban J connectivity index is 0.000000152. The zero-order valence-electron chi connectivity index (χ0n) is 76.9. The first-order chi connectivity index (χ1) is 65.1. The Morgan fingerprint density at radius 2 is 0.607 bits per heavy atom. The molecule has 4 aliphatic rings. The van der Waals surface area contributed by atoms with Crippen LogP contribution in [0.25, 0.3) is 68.9 Å². The van der Waals surface area contributed by atoms with Gasteiger partial charge in [-0.3, -0.25) is 39.1 Å². The van der Waals surface area contributed by atoms with Crippen molar-refractivity contribution in [2.45, 2.75) is 98.3 Å². The third kappa shape index (κ3) is 22.9. The van der Waals surface area contributed by atoms with Gasteiger partial charge in [-0.05, 0) is 362 Å². The molecule has 4 N–H and O–H groups in total. The molecule has 0 saturated heterocycles. The molecule has 0 atom stereocenters. The molecule has 0 amide bonds. The van der Waals surface area contributed by atoms with Gasteiger partial charge in [0.2, 0.25) is 23.0 Å². The lowest BCUT2D eigenvalue weighted by molar-refractivity contribution is -0.119. The van der Waals surface area contributed by atoms with E-state index in [0.717, 1.165) is 150 Å². The maximum atomic E-state index is 14.2. The zero-order valence-corrected chi connectivity index (χ0v) is 76.9. The number of allylic oxidation sites excluding steroid dienone is 12. The Morgan fingerprint density at radius 1 is 0.304 bits per heavy atom. The number of hydrogen-bond acceptors (Lipinski definition) is 20. The molecule has 20 nitrogen and oxygen atoms in total. The number of carbonyl (C=O) groups is 4. The molecule has 8 aromatic carbocycles. The lowest BCUT2D eigenvalue weighted by atomic mass is 9.98. The number of pyridine rings is 4. The van der Waals surface area contributed by atoms with E-state index in [0.29, 0.717) is 116 Å². The van der Waals surface area contributed by atoms with E-state index in [-0.39, 0.29) is 75.8 Å². The van der Waals surface area contributed by atoms with Crippen LogP contribution in [-0.4, -0.2) is 120 Å². The summed E-state index contributed by atoms with van der Waals surface area (Å²) in [6.45, 7) is 7.93. The second-order valence-corrected chi connectivity index (χ2v) is 32.4. The summed E-state index contributed by atoms with van der Waals surface area (Å²) >= 11 is 0. The lowest BCUT2D eigenvalue weighted by Gasteiger charge is -2.11. The average molecular weight is 1820 g/mol. The minimum Gasteiger partial charge on any atom is -0.502 e. The van der Waals surface area contributed by atoms with E-state index in [1.807, 2.05) is 94.5 Å². The van der Waals surface area contributed by atoms with Crippen molar-refractivity contribution >= 4 is 92.0 Å². The number of aromatic hydroxyl groups is 4. The molecule has 0 unspecified atom stereocenters. The van der Waals surface area contributed by atoms with Gasteiger partial charge in [0.05, 0.1) is 56.9 Å². The molecule has 690 valence electrons. The molecule has 0 fully saturated rings. The van der Waals surface area contributed by atoms with E-state index in [9.17, 15) is 57.2 Å². The Hall–Kier alpha value is -15.7. The van der Waals surface area contributed by atoms with E-state index in [1.54, 1.807) is 128 Å². The minimum absolute atomic E-state index is 0.00760. The Bertz CT molecular complexity index is 6200. The first-order valence-corrected chi connectivity index (χ1v) is 43.5. The number of ether oxygens (including phenoxy) is 8. The second kappa shape index (κ2) is 44.5. The predicted octanol–water partition coefficient (Wildman–Crippen LogP) is 23.5. The topological polar surface area (TPSA) is 275 Å². The summed E-state index contributed by atoms with van der Waals surface area (Å²) in [6, 6.07) is 49.0. The van der Waals surface area contributed by atoms with Gasteiger partial charge in [0.15, 0.2) is 51.8 Å². The van der Waals surface area contributed by atoms with Crippen LogP contribution >= 0.6 is 0 Å². The number of fused-ring (bicyclic) bond motifs is 4. The molecule has 16 rings (SSSR count). The maximum absolute atomic E-state index is 14.2. The number of nitrogens with zero attached hydrogens (tertiary/aromatic N) is 4. The van der Waals surface area contributed by atoms with E-state index in [2.05, 4.69) is 19.9 Å². The summed E-state index contributed by atoms with van der Waals surface area (Å²) in [7, 11) is 11.8. The first kappa shape index (κ1) is 96.8. The fourth-order valence-electron chi connectivity index (χ4n) is 17.1. The first-order valence-electron chi connectivity index (χ1n) is 43.5. The van der Waals surface area contributed by atoms with Crippen LogP contribution in [0.3, 0.4) is 0 Å². The van der Waals surface area contributed by atoms with Crippen LogP contribution in [0.1, 0.15) is 173 Å². The highest BCUT2D eigenvalue weighted by molar-refractivity contribution is 6.10. The number of phenolic OH excluding ortho intramolecular Hbond substituents is 4. The third-order valence-corrected chi connectivity index (χ3v) is 24.0. The van der Waals surface area contributed by atoms with Crippen LogP contribution in [0.2, 0.25) is 0 Å². The van der Waals surface area contributed by atoms with Crippen LogP contribution in [-0.2, 0) is 33.6 Å². The Labute approximate surface area is 781 Å². The molecule has 4 aromatic heterocycles. The van der Waals surface area contributed by atoms with Gasteiger partial charge in [0.1, 0.15) is 40.6 Å². The lowest BCUT2D eigenvalue weighted by Crippen LogP contribution is -2.04. The molecular weight excluding hydrogens is 1720 g/mol. The van der Waals surface area contributed by atoms with Crippen LogP contribution in [0, 0.1) is 23.3 Å². The molecule has 0 aliphatic heterocycles. The van der Waals surface area contributed by atoms with Crippen molar-refractivity contribution in [3.63, 3.8) is 0 Å². The third-order valence-electron chi connectivity index (χ3n) is 24.0. The SMILES string of the molecule is COc1cc(/C=C2/C(C)=C(CCC(=O)Cc3ccccn3)c3cc(F)ccc32)cc(OC)c1O.COc1cc(/C=C2/C(C)=C(CCC(=O)Cc3cccnc3)c3cc(F)ccc32)cc(OC)c1O.COc1cc(/C=C2/C(C)=C(CCC(=O)Cc3ccncc3)c3cc(F)ccc32)cc(OC)c1O.COc1cc(/C=C2/C(C)=C(CCC(=O)c3cccnc3)c3cc(F)ccc32)cc(OC)c1O. The summed E-state index contributed by atoms with van der Waals surface area (Å²) in [5, 5.41) is 40.9. The van der Waals surface area contributed by atoms with Gasteiger partial charge in [0, 0.05) is 99.6 Å². The van der Waals surface area contributed by atoms with Gasteiger partial charge in [-0.2, -0.15) is 0 Å². The van der Waals surface area contributed by atoms with Crippen molar-refractivity contribution in [3.8, 4) is 69.0 Å². The van der Waals surface area contributed by atoms with E-state index >= 15 is 0 Å². The largest absolute Gasteiger partial charge is 0.502 e. The molecule has 4 heterocycles. The fourth-order valence-corrected chi connectivity index (χ4v) is 17.1. The minimum atomic E-state index is -0.327. The molecule has 0 radical (unpaired) electrons. The van der Waals surface area contributed by atoms with Crippen LogP contribution < -0.4 is 37.9 Å². The Morgan fingerprint density at radius 3 is 0.896 bits per heavy atom. The number of aromatic nitrogens is 4. The average Bonchev–Trinajstić information content (AvgIpc) is 1.63. The van der Waals surface area contributed by atoms with Crippen molar-refractivity contribution in [2.24, 2.45) is 0 Å². The van der Waals surface area contributed by atoms with Crippen LogP contribution in [0.4, 0.5) is 17.6 Å². The number of methoxy groups -OCH3 is 8. The van der Waals surface area contributed by atoms with Gasteiger partial charge in [0.25, 0.3) is 0 Å². The highest BCUT2D eigenvalue weighted by Crippen LogP contribution is 2.52. The van der Waals surface area contributed by atoms with Crippen molar-refractivity contribution in [1.82, 2.24) is 19.9 Å². The van der Waals surface area contributed by atoms with Gasteiger partial charge in [-0.25, -0.2) is 17.6 Å². The number of phenols is 4. The summed E-state index contributed by atoms with van der Waals surface area (Å²) in [5.41, 5.74) is 24.4. The zero-order chi connectivity index (χ0) is 96.3. The molecule has 0 spiro atoms. The molecule has 135 heavy (non-hydrogen) atoms. The van der Waals surface area contributed by atoms with Crippen molar-refractivity contribution < 1.29 is 95.1 Å². The van der Waals surface area contributed by atoms with Crippen LogP contribution in [0.15, 0.2) is 242 Å². The van der Waals surface area contributed by atoms with Crippen molar-refractivity contribution in [3.05, 3.63) is 354 Å². The summed E-state index contributed by atoms with van der Waals surface area (Å²) in [6.07, 6.45) is 23.7. The fraction of sp³-hybridized carbons (Fsp3) is 0.207. The number of ketones is 4. The number of rotatable bonds is 31. The van der Waals surface area contributed by atoms with Crippen LogP contribution in [0.5, 0.6) is 69.0 Å². The molecule has 12 aromatic rings. The van der Waals surface area contributed by atoms with Crippen molar-refractivity contribution in [1.29, 1.82) is 0 Å². The highest BCUT2D eigenvalue weighted by atomic mass is 19.1. The molecule has 0 saturated carbocycles. The number of halogens is 4. The smallest absolute Gasteiger partial charge is 0.200 e. The molecule has 4 aliphatic carbocycles. The summed E-state index contributed by atoms with van der Waals surface area (Å²) < 4.78 is 98.8. The summed E-state index contributed by atoms with van der Waals surface area (Å²) in [5.74, 6) is 1.12. The van der Waals surface area contributed by atoms with Gasteiger partial charge in [-0.15, -0.1) is 0 Å². The number of carbonyl (C=O) groups excluding carboxylic acids is 4. The standard InChI is InChI=1S/3C28H26FNO4.C27H24FNO4/c1-17-22(7-5-21(31)12-18-8-10-30-11-9-18)25-16-20(29)4-6-23(25)24(17)13-19-14-26(33-2)28(32)27(15-19)34-3;1-17-22(9-7-21(31)11-18-5-4-10-30-16-18)25-15-20(29)6-8-23(25)24(17)12-19-13-26(33-2)28(32)27(14-19)34-3;1-17-22(10-8-21(31)16-20-6-4-5-11-30-20)25-15-19(29)7-9-23(25)24(17)12-18-13-26(33-2)28(32)27(14-18)34-3;1-16-20(8-9-24(30)18-5-4-10-29-15-18)23-14-19(28)6-7-21(23)22(16)11-17-12-25(32-2)27(31)26(13-17)33-3/h4,6,8-11,13-16,32H,5,7,12H2,1-3H3;4-6,8,10,12-16,32H,7,9,11H2,1-3H3;4-7,9,11-15,32H,8,10,16H2,1-3H3;4-7,10-15,31H,8-9H2,1-3H3/b24-13-;2*24-12-;22-11-. The monoisotopic (exact) mass is 1820 g/mol. The van der Waals surface area contributed by atoms with Gasteiger partial charge >= 0.3 is 0 Å². The van der Waals surface area contributed by atoms with Crippen molar-refractivity contribution in [2.75, 3.05) is 56.9 Å². The number of benzene rings is 8. The number of hydrogen-bond donors (Lipinski definition) is 4. The van der Waals surface area contributed by atoms with Gasteiger partial charge in [-0.1, -0.05) is 36.4 Å².